The molecule has 1 aromatic rings. The van der Waals surface area contributed by atoms with Crippen molar-refractivity contribution in [3.8, 4) is 11.8 Å². The summed E-state index contributed by atoms with van der Waals surface area (Å²) in [4.78, 5) is 13.9. The highest BCUT2D eigenvalue weighted by molar-refractivity contribution is 5.97. The Labute approximate surface area is 120 Å². The number of Topliss-reactive ketones (excluding diaryl/α,β-unsaturated/α-hetero) is 1. The van der Waals surface area contributed by atoms with Gasteiger partial charge in [0.15, 0.2) is 5.78 Å². The van der Waals surface area contributed by atoms with Crippen LogP contribution in [0.1, 0.15) is 42.1 Å². The maximum Gasteiger partial charge on any atom is 0.163 e. The second kappa shape index (κ2) is 6.53. The molecule has 1 unspecified atom stereocenters. The first-order valence-corrected chi connectivity index (χ1v) is 7.00. The van der Waals surface area contributed by atoms with Crippen molar-refractivity contribution in [1.29, 1.82) is 5.26 Å². The van der Waals surface area contributed by atoms with Gasteiger partial charge in [-0.05, 0) is 51.6 Å². The number of nitriles is 1. The van der Waals surface area contributed by atoms with Gasteiger partial charge in [0, 0.05) is 6.04 Å². The van der Waals surface area contributed by atoms with Crippen LogP contribution >= 0.6 is 0 Å². The van der Waals surface area contributed by atoms with Crippen LogP contribution < -0.4 is 4.74 Å². The van der Waals surface area contributed by atoms with Crippen molar-refractivity contribution in [3.63, 3.8) is 0 Å². The van der Waals surface area contributed by atoms with Crippen molar-refractivity contribution < 1.29 is 9.53 Å². The van der Waals surface area contributed by atoms with Crippen LogP contribution in [0.15, 0.2) is 18.2 Å². The van der Waals surface area contributed by atoms with Gasteiger partial charge in [0.25, 0.3) is 0 Å². The van der Waals surface area contributed by atoms with E-state index < -0.39 is 0 Å². The Bertz CT molecular complexity index is 534. The third-order valence-electron chi connectivity index (χ3n) is 3.84. The first kappa shape index (κ1) is 14.5. The van der Waals surface area contributed by atoms with Gasteiger partial charge in [-0.2, -0.15) is 5.26 Å². The summed E-state index contributed by atoms with van der Waals surface area (Å²) in [5.41, 5.74) is 1.06. The summed E-state index contributed by atoms with van der Waals surface area (Å²) in [5.74, 6) is 0.483. The van der Waals surface area contributed by atoms with Crippen LogP contribution in [0.3, 0.4) is 0 Å². The average Bonchev–Trinajstić information content (AvgIpc) is 2.46. The van der Waals surface area contributed by atoms with E-state index in [1.807, 2.05) is 0 Å². The number of carbonyl (C=O) groups excluding carboxylic acids is 1. The van der Waals surface area contributed by atoms with E-state index in [4.69, 9.17) is 10.00 Å². The topological polar surface area (TPSA) is 53.3 Å². The summed E-state index contributed by atoms with van der Waals surface area (Å²) in [6, 6.07) is 7.43. The molecule has 1 fully saturated rings. The fraction of sp³-hybridized carbons (Fsp3) is 0.500. The highest BCUT2D eigenvalue weighted by atomic mass is 16.5. The maximum absolute atomic E-state index is 11.6. The summed E-state index contributed by atoms with van der Waals surface area (Å²) < 4.78 is 5.84. The molecule has 1 aliphatic heterocycles. The Hall–Kier alpha value is -1.86. The minimum atomic E-state index is -0.0403. The molecule has 0 N–H and O–H groups in total. The molecule has 20 heavy (non-hydrogen) atoms. The number of nitrogens with zero attached hydrogens (tertiary/aromatic N) is 2. The molecule has 0 aromatic heterocycles. The van der Waals surface area contributed by atoms with Gasteiger partial charge in [-0.15, -0.1) is 0 Å². The summed E-state index contributed by atoms with van der Waals surface area (Å²) in [6.07, 6.45) is 3.57. The zero-order valence-electron chi connectivity index (χ0n) is 12.1. The molecular weight excluding hydrogens is 252 g/mol. The summed E-state index contributed by atoms with van der Waals surface area (Å²) >= 11 is 0. The quantitative estimate of drug-likeness (QED) is 0.791. The number of hydrogen-bond acceptors (Lipinski definition) is 4. The van der Waals surface area contributed by atoms with Crippen molar-refractivity contribution in [2.24, 2.45) is 0 Å². The molecule has 4 heteroatoms. The lowest BCUT2D eigenvalue weighted by Crippen LogP contribution is -2.40. The first-order chi connectivity index (χ1) is 9.61. The van der Waals surface area contributed by atoms with Crippen LogP contribution in [0.4, 0.5) is 0 Å². The molecule has 1 heterocycles. The molecule has 4 nitrogen and oxygen atoms in total. The summed E-state index contributed by atoms with van der Waals surface area (Å²) in [7, 11) is 2.10. The average molecular weight is 272 g/mol. The third kappa shape index (κ3) is 3.37. The Morgan fingerprint density at radius 3 is 2.95 bits per heavy atom. The smallest absolute Gasteiger partial charge is 0.163 e. The van der Waals surface area contributed by atoms with Crippen LogP contribution in [-0.2, 0) is 0 Å². The number of ketones is 1. The normalized spacial score (nSPS) is 19.4. The highest BCUT2D eigenvalue weighted by Crippen LogP contribution is 2.23. The Morgan fingerprint density at radius 1 is 1.50 bits per heavy atom. The molecule has 1 saturated heterocycles. The number of ether oxygens (including phenoxy) is 1. The van der Waals surface area contributed by atoms with E-state index in [9.17, 15) is 4.79 Å². The molecule has 0 radical (unpaired) electrons. The molecule has 1 atom stereocenters. The molecule has 0 saturated carbocycles. The van der Waals surface area contributed by atoms with E-state index in [0.29, 0.717) is 29.5 Å². The summed E-state index contributed by atoms with van der Waals surface area (Å²) in [5, 5.41) is 8.95. The van der Waals surface area contributed by atoms with Gasteiger partial charge in [0.1, 0.15) is 12.4 Å². The zero-order valence-corrected chi connectivity index (χ0v) is 12.1. The zero-order chi connectivity index (χ0) is 14.5. The fourth-order valence-electron chi connectivity index (χ4n) is 2.54. The van der Waals surface area contributed by atoms with Gasteiger partial charge < -0.3 is 9.64 Å². The van der Waals surface area contributed by atoms with Crippen LogP contribution in [0, 0.1) is 11.3 Å². The fourth-order valence-corrected chi connectivity index (χ4v) is 2.54. The minimum Gasteiger partial charge on any atom is -0.491 e. The second-order valence-electron chi connectivity index (χ2n) is 5.32. The lowest BCUT2D eigenvalue weighted by atomic mass is 10.0. The number of piperidine rings is 1. The number of hydrogen-bond donors (Lipinski definition) is 0. The van der Waals surface area contributed by atoms with Crippen molar-refractivity contribution in [1.82, 2.24) is 4.90 Å². The Kier molecular flexibility index (Phi) is 4.75. The van der Waals surface area contributed by atoms with E-state index in [1.54, 1.807) is 18.2 Å². The van der Waals surface area contributed by atoms with E-state index in [0.717, 1.165) is 13.0 Å². The second-order valence-corrected chi connectivity index (χ2v) is 5.32. The Balaban J connectivity index is 2.11. The molecule has 0 aliphatic carbocycles. The maximum atomic E-state index is 11.6. The van der Waals surface area contributed by atoms with Crippen LogP contribution in [0.2, 0.25) is 0 Å². The lowest BCUT2D eigenvalue weighted by Gasteiger charge is -2.32. The SMILES string of the molecule is CC(=O)c1ccc(C#N)cc1OCC1CCCCN1C. The van der Waals surface area contributed by atoms with E-state index >= 15 is 0 Å². The van der Waals surface area contributed by atoms with Crippen molar-refractivity contribution in [3.05, 3.63) is 29.3 Å². The predicted octanol–water partition coefficient (Wildman–Crippen LogP) is 2.62. The van der Waals surface area contributed by atoms with Crippen LogP contribution in [-0.4, -0.2) is 36.9 Å². The van der Waals surface area contributed by atoms with Crippen LogP contribution in [0.25, 0.3) is 0 Å². The van der Waals surface area contributed by atoms with E-state index in [2.05, 4.69) is 18.0 Å². The molecule has 106 valence electrons. The molecule has 1 aromatic carbocycles. The predicted molar refractivity (Wildman–Crippen MR) is 76.9 cm³/mol. The standard InChI is InChI=1S/C16H20N2O2/c1-12(19)15-7-6-13(10-17)9-16(15)20-11-14-5-3-4-8-18(14)2/h6-7,9,14H,3-5,8,11H2,1-2H3. The highest BCUT2D eigenvalue weighted by Gasteiger charge is 2.20. The summed E-state index contributed by atoms with van der Waals surface area (Å²) in [6.45, 7) is 3.17. The van der Waals surface area contributed by atoms with Crippen molar-refractivity contribution >= 4 is 5.78 Å². The van der Waals surface area contributed by atoms with E-state index in [1.165, 1.54) is 19.8 Å². The number of likely N-dealkylation sites (N-methyl/N-ethyl adjacent to an activating group) is 1. The molecule has 1 aliphatic rings. The molecule has 0 amide bonds. The monoisotopic (exact) mass is 272 g/mol. The number of benzene rings is 1. The van der Waals surface area contributed by atoms with Gasteiger partial charge in [0.05, 0.1) is 17.2 Å². The first-order valence-electron chi connectivity index (χ1n) is 7.00. The minimum absolute atomic E-state index is 0.0403. The van der Waals surface area contributed by atoms with Gasteiger partial charge in [-0.25, -0.2) is 0 Å². The molecular formula is C16H20N2O2. The van der Waals surface area contributed by atoms with Gasteiger partial charge >= 0.3 is 0 Å². The largest absolute Gasteiger partial charge is 0.491 e. The number of carbonyl (C=O) groups is 1. The molecule has 0 bridgehead atoms. The molecule has 2 rings (SSSR count). The van der Waals surface area contributed by atoms with Crippen molar-refractivity contribution in [2.45, 2.75) is 32.2 Å². The lowest BCUT2D eigenvalue weighted by molar-refractivity contribution is 0.1000. The van der Waals surface area contributed by atoms with Gasteiger partial charge in [0.2, 0.25) is 0 Å². The van der Waals surface area contributed by atoms with Gasteiger partial charge in [-0.1, -0.05) is 6.42 Å². The third-order valence-corrected chi connectivity index (χ3v) is 3.84. The van der Waals surface area contributed by atoms with E-state index in [-0.39, 0.29) is 5.78 Å². The molecule has 0 spiro atoms. The van der Waals surface area contributed by atoms with Gasteiger partial charge in [-0.3, -0.25) is 4.79 Å². The number of rotatable bonds is 4. The van der Waals surface area contributed by atoms with Crippen molar-refractivity contribution in [2.75, 3.05) is 20.2 Å². The Morgan fingerprint density at radius 2 is 2.30 bits per heavy atom. The van der Waals surface area contributed by atoms with Crippen LogP contribution in [0.5, 0.6) is 5.75 Å². The number of likely N-dealkylation sites (tertiary alicyclic amines) is 1.